The van der Waals surface area contributed by atoms with Crippen molar-refractivity contribution in [1.29, 1.82) is 0 Å². The number of hydrogen-bond acceptors (Lipinski definition) is 5. The minimum Gasteiger partial charge on any atom is -0.348 e. The van der Waals surface area contributed by atoms with Gasteiger partial charge in [0, 0.05) is 38.1 Å². The summed E-state index contributed by atoms with van der Waals surface area (Å²) in [4.78, 5) is 30.4. The molecule has 1 aliphatic heterocycles. The first-order valence-electron chi connectivity index (χ1n) is 7.44. The topological polar surface area (TPSA) is 92.6 Å². The molecule has 1 amide bonds. The molecule has 0 saturated heterocycles. The summed E-state index contributed by atoms with van der Waals surface area (Å²) in [6.45, 7) is 0.531. The summed E-state index contributed by atoms with van der Waals surface area (Å²) in [5, 5.41) is 4.27. The Hall–Kier alpha value is -2.74. The molecule has 4 rings (SSSR count). The zero-order valence-electron chi connectivity index (χ0n) is 12.8. The van der Waals surface area contributed by atoms with Crippen molar-refractivity contribution in [2.24, 2.45) is 7.05 Å². The van der Waals surface area contributed by atoms with Crippen LogP contribution in [-0.2, 0) is 13.5 Å². The summed E-state index contributed by atoms with van der Waals surface area (Å²) in [6.07, 6.45) is 5.79. The first-order chi connectivity index (χ1) is 11.6. The second-order valence-electron chi connectivity index (χ2n) is 5.53. The number of imidazole rings is 1. The molecular formula is C15H14ClN7O. The quantitative estimate of drug-likeness (QED) is 0.758. The lowest BCUT2D eigenvalue weighted by atomic mass is 9.96. The predicted molar refractivity (Wildman–Crippen MR) is 85.4 cm³/mol. The molecule has 0 spiro atoms. The summed E-state index contributed by atoms with van der Waals surface area (Å²) in [5.74, 6) is -0.199. The fourth-order valence-corrected chi connectivity index (χ4v) is 3.07. The highest BCUT2D eigenvalue weighted by atomic mass is 35.5. The van der Waals surface area contributed by atoms with E-state index in [0.29, 0.717) is 13.0 Å². The van der Waals surface area contributed by atoms with Gasteiger partial charge in [-0.15, -0.1) is 5.10 Å². The standard InChI is InChI=1S/C15H14ClN7O/c1-22-15(16)20-13(21-22)14(24)23-6-4-10-11(19-8-18-10)12(23)9-3-2-5-17-7-9/h2-3,5,7-8,12H,4,6H2,1H3,(H,18,19). The number of halogens is 1. The minimum absolute atomic E-state index is 0.0791. The number of amides is 1. The van der Waals surface area contributed by atoms with Gasteiger partial charge in [0.25, 0.3) is 5.91 Å². The van der Waals surface area contributed by atoms with E-state index in [9.17, 15) is 4.79 Å². The number of pyridine rings is 1. The van der Waals surface area contributed by atoms with Crippen LogP contribution in [0.1, 0.15) is 33.6 Å². The lowest BCUT2D eigenvalue weighted by Gasteiger charge is -2.34. The van der Waals surface area contributed by atoms with Gasteiger partial charge in [0.2, 0.25) is 11.1 Å². The third kappa shape index (κ3) is 2.35. The molecule has 122 valence electrons. The monoisotopic (exact) mass is 343 g/mol. The molecule has 3 aromatic rings. The van der Waals surface area contributed by atoms with E-state index in [1.165, 1.54) is 4.68 Å². The molecule has 1 aliphatic rings. The zero-order valence-corrected chi connectivity index (χ0v) is 13.6. The van der Waals surface area contributed by atoms with Gasteiger partial charge in [0.15, 0.2) is 0 Å². The fourth-order valence-electron chi connectivity index (χ4n) is 2.96. The number of nitrogens with zero attached hydrogens (tertiary/aromatic N) is 6. The molecule has 0 radical (unpaired) electrons. The molecule has 3 aromatic heterocycles. The average Bonchev–Trinajstić information content (AvgIpc) is 3.21. The van der Waals surface area contributed by atoms with Gasteiger partial charge in [0.1, 0.15) is 6.04 Å². The summed E-state index contributed by atoms with van der Waals surface area (Å²) < 4.78 is 1.37. The highest BCUT2D eigenvalue weighted by molar-refractivity contribution is 6.28. The molecule has 9 heteroatoms. The Morgan fingerprint density at radius 2 is 2.33 bits per heavy atom. The Morgan fingerprint density at radius 3 is 3.04 bits per heavy atom. The number of carbonyl (C=O) groups is 1. The third-order valence-electron chi connectivity index (χ3n) is 4.09. The predicted octanol–water partition coefficient (Wildman–Crippen LogP) is 1.37. The first kappa shape index (κ1) is 14.8. The number of aromatic nitrogens is 6. The van der Waals surface area contributed by atoms with Crippen molar-refractivity contribution in [3.05, 3.63) is 58.9 Å². The van der Waals surface area contributed by atoms with Crippen LogP contribution in [0.15, 0.2) is 30.9 Å². The second kappa shape index (κ2) is 5.72. The average molecular weight is 344 g/mol. The molecule has 4 heterocycles. The van der Waals surface area contributed by atoms with Gasteiger partial charge in [-0.2, -0.15) is 4.98 Å². The molecule has 0 aliphatic carbocycles. The number of nitrogens with one attached hydrogen (secondary N) is 1. The Balaban J connectivity index is 1.77. The van der Waals surface area contributed by atoms with Crippen molar-refractivity contribution in [1.82, 2.24) is 34.6 Å². The number of H-pyrrole nitrogens is 1. The van der Waals surface area contributed by atoms with E-state index in [0.717, 1.165) is 17.0 Å². The van der Waals surface area contributed by atoms with Crippen LogP contribution in [-0.4, -0.2) is 47.1 Å². The van der Waals surface area contributed by atoms with Crippen LogP contribution in [0, 0.1) is 0 Å². The van der Waals surface area contributed by atoms with Gasteiger partial charge in [0.05, 0.1) is 12.0 Å². The van der Waals surface area contributed by atoms with Crippen LogP contribution >= 0.6 is 11.6 Å². The van der Waals surface area contributed by atoms with Crippen LogP contribution in [0.4, 0.5) is 0 Å². The van der Waals surface area contributed by atoms with E-state index >= 15 is 0 Å². The maximum Gasteiger partial charge on any atom is 0.294 e. The second-order valence-corrected chi connectivity index (χ2v) is 5.87. The van der Waals surface area contributed by atoms with Crippen molar-refractivity contribution in [3.63, 3.8) is 0 Å². The zero-order chi connectivity index (χ0) is 16.7. The molecule has 1 unspecified atom stereocenters. The molecule has 0 aromatic carbocycles. The van der Waals surface area contributed by atoms with Gasteiger partial charge in [-0.05, 0) is 23.2 Å². The molecule has 0 bridgehead atoms. The summed E-state index contributed by atoms with van der Waals surface area (Å²) >= 11 is 5.92. The van der Waals surface area contributed by atoms with Crippen molar-refractivity contribution in [2.45, 2.75) is 12.5 Å². The Labute approximate surface area is 142 Å². The molecule has 24 heavy (non-hydrogen) atoms. The molecule has 0 fully saturated rings. The van der Waals surface area contributed by atoms with E-state index in [1.807, 2.05) is 12.1 Å². The molecule has 8 nitrogen and oxygen atoms in total. The Bertz CT molecular complexity index is 869. The van der Waals surface area contributed by atoms with Crippen LogP contribution < -0.4 is 0 Å². The fraction of sp³-hybridized carbons (Fsp3) is 0.267. The number of aromatic amines is 1. The summed E-state index contributed by atoms with van der Waals surface area (Å²) in [6, 6.07) is 3.44. The van der Waals surface area contributed by atoms with Crippen LogP contribution in [0.2, 0.25) is 5.28 Å². The largest absolute Gasteiger partial charge is 0.348 e. The van der Waals surface area contributed by atoms with Crippen LogP contribution in [0.3, 0.4) is 0 Å². The lowest BCUT2D eigenvalue weighted by molar-refractivity contribution is 0.0677. The van der Waals surface area contributed by atoms with Crippen molar-refractivity contribution >= 4 is 17.5 Å². The normalized spacial score (nSPS) is 16.9. The van der Waals surface area contributed by atoms with Crippen LogP contribution in [0.25, 0.3) is 0 Å². The van der Waals surface area contributed by atoms with Gasteiger partial charge >= 0.3 is 0 Å². The highest BCUT2D eigenvalue weighted by Crippen LogP contribution is 2.33. The Kier molecular flexibility index (Phi) is 3.53. The lowest BCUT2D eigenvalue weighted by Crippen LogP contribution is -2.41. The first-order valence-corrected chi connectivity index (χ1v) is 7.82. The Morgan fingerprint density at radius 1 is 1.46 bits per heavy atom. The van der Waals surface area contributed by atoms with E-state index in [1.54, 1.807) is 30.7 Å². The SMILES string of the molecule is Cn1nc(C(=O)N2CCc3[nH]cnc3C2c2cccnc2)nc1Cl. The van der Waals surface area contributed by atoms with Gasteiger partial charge in [-0.25, -0.2) is 9.67 Å². The third-order valence-corrected chi connectivity index (χ3v) is 4.42. The van der Waals surface area contributed by atoms with Crippen molar-refractivity contribution in [3.8, 4) is 0 Å². The molecule has 1 atom stereocenters. The van der Waals surface area contributed by atoms with Gasteiger partial charge in [-0.3, -0.25) is 9.78 Å². The number of hydrogen-bond donors (Lipinski definition) is 1. The summed E-state index contributed by atoms with van der Waals surface area (Å²) in [5.41, 5.74) is 2.74. The molecular weight excluding hydrogens is 330 g/mol. The summed E-state index contributed by atoms with van der Waals surface area (Å²) in [7, 11) is 1.65. The van der Waals surface area contributed by atoms with E-state index in [-0.39, 0.29) is 23.1 Å². The maximum atomic E-state index is 13.0. The number of aryl methyl sites for hydroxylation is 1. The highest BCUT2D eigenvalue weighted by Gasteiger charge is 2.36. The molecule has 1 N–H and O–H groups in total. The smallest absolute Gasteiger partial charge is 0.294 e. The number of rotatable bonds is 2. The van der Waals surface area contributed by atoms with E-state index in [4.69, 9.17) is 11.6 Å². The van der Waals surface area contributed by atoms with E-state index in [2.05, 4.69) is 25.0 Å². The van der Waals surface area contributed by atoms with Crippen molar-refractivity contribution in [2.75, 3.05) is 6.54 Å². The number of fused-ring (bicyclic) bond motifs is 1. The number of carbonyl (C=O) groups excluding carboxylic acids is 1. The van der Waals surface area contributed by atoms with Gasteiger partial charge < -0.3 is 9.88 Å². The van der Waals surface area contributed by atoms with Gasteiger partial charge in [-0.1, -0.05) is 6.07 Å². The maximum absolute atomic E-state index is 13.0. The van der Waals surface area contributed by atoms with Crippen LogP contribution in [0.5, 0.6) is 0 Å². The van der Waals surface area contributed by atoms with Crippen molar-refractivity contribution < 1.29 is 4.79 Å². The molecule has 0 saturated carbocycles. The minimum atomic E-state index is -0.330. The van der Waals surface area contributed by atoms with E-state index < -0.39 is 0 Å².